The molecule has 0 fully saturated rings. The maximum atomic E-state index is 15.1. The van der Waals surface area contributed by atoms with Gasteiger partial charge in [0.1, 0.15) is 5.82 Å². The Labute approximate surface area is 267 Å². The van der Waals surface area contributed by atoms with Gasteiger partial charge in [-0.3, -0.25) is 4.79 Å². The highest BCUT2D eigenvalue weighted by Gasteiger charge is 2.33. The standard InChI is InChI=1S/C35H34F4N2O4S/c1-23-6-11-25(12-7-23)26(13-8-24-9-14-27(15-10-24)34(42)41-20-21-46(43)44)17-19-33(45-40)30-22-28(16-18-32(30)36)29-4-2-3-5-31(29)35(37,38)39/h2-7,9-12,14-16,18-19,22,26H,8,13,17,20-21,40H2,1H3,(H,41,42)(H,43,44)/b33-19-. The maximum Gasteiger partial charge on any atom is 0.417 e. The monoisotopic (exact) mass is 654 g/mol. The van der Waals surface area contributed by atoms with Gasteiger partial charge in [-0.25, -0.2) is 8.60 Å². The summed E-state index contributed by atoms with van der Waals surface area (Å²) in [4.78, 5) is 17.4. The topological polar surface area (TPSA) is 102 Å². The third-order valence-electron chi connectivity index (χ3n) is 7.60. The van der Waals surface area contributed by atoms with E-state index in [1.165, 1.54) is 30.3 Å². The summed E-state index contributed by atoms with van der Waals surface area (Å²) in [6, 6.07) is 23.9. The van der Waals surface area contributed by atoms with Gasteiger partial charge < -0.3 is 14.7 Å². The number of carbonyl (C=O) groups is 1. The van der Waals surface area contributed by atoms with Crippen molar-refractivity contribution in [2.45, 2.75) is 38.3 Å². The van der Waals surface area contributed by atoms with Crippen LogP contribution in [0.5, 0.6) is 0 Å². The van der Waals surface area contributed by atoms with Crippen LogP contribution in [0.3, 0.4) is 0 Å². The van der Waals surface area contributed by atoms with Gasteiger partial charge in [0.15, 0.2) is 16.8 Å². The van der Waals surface area contributed by atoms with Crippen LogP contribution in [0.4, 0.5) is 17.6 Å². The maximum absolute atomic E-state index is 15.1. The molecule has 0 aliphatic rings. The molecule has 4 rings (SSSR count). The lowest BCUT2D eigenvalue weighted by molar-refractivity contribution is -0.137. The minimum Gasteiger partial charge on any atom is -0.411 e. The number of nitrogens with one attached hydrogen (secondary N) is 1. The van der Waals surface area contributed by atoms with Crippen LogP contribution in [0.2, 0.25) is 0 Å². The highest BCUT2D eigenvalue weighted by Crippen LogP contribution is 2.38. The van der Waals surface area contributed by atoms with Crippen molar-refractivity contribution in [3.63, 3.8) is 0 Å². The highest BCUT2D eigenvalue weighted by atomic mass is 32.2. The lowest BCUT2D eigenvalue weighted by Gasteiger charge is -2.18. The number of amides is 1. The van der Waals surface area contributed by atoms with Gasteiger partial charge in [0.25, 0.3) is 5.91 Å². The van der Waals surface area contributed by atoms with Gasteiger partial charge in [0.05, 0.1) is 16.9 Å². The summed E-state index contributed by atoms with van der Waals surface area (Å²) >= 11 is -1.99. The van der Waals surface area contributed by atoms with Crippen molar-refractivity contribution in [1.29, 1.82) is 0 Å². The first-order valence-corrected chi connectivity index (χ1v) is 15.8. The normalized spacial score (nSPS) is 13.2. The number of hydrogen-bond donors (Lipinski definition) is 3. The number of allylic oxidation sites excluding steroid dienone is 1. The Kier molecular flexibility index (Phi) is 11.9. The Hall–Kier alpha value is -4.32. The van der Waals surface area contributed by atoms with E-state index in [9.17, 15) is 22.2 Å². The van der Waals surface area contributed by atoms with Crippen molar-refractivity contribution in [3.8, 4) is 11.1 Å². The van der Waals surface area contributed by atoms with Crippen molar-refractivity contribution < 1.29 is 36.0 Å². The molecule has 46 heavy (non-hydrogen) atoms. The largest absolute Gasteiger partial charge is 0.417 e. The van der Waals surface area contributed by atoms with E-state index in [-0.39, 0.29) is 46.6 Å². The van der Waals surface area contributed by atoms with Crippen molar-refractivity contribution in [3.05, 3.63) is 136 Å². The number of aryl methyl sites for hydroxylation is 2. The first-order valence-electron chi connectivity index (χ1n) is 14.5. The second-order valence-electron chi connectivity index (χ2n) is 10.8. The number of nitrogens with two attached hydrogens (primary N) is 1. The first kappa shape index (κ1) is 34.6. The van der Waals surface area contributed by atoms with E-state index >= 15 is 4.39 Å². The Morgan fingerprint density at radius 2 is 1.72 bits per heavy atom. The lowest BCUT2D eigenvalue weighted by atomic mass is 9.88. The fourth-order valence-corrected chi connectivity index (χ4v) is 5.39. The van der Waals surface area contributed by atoms with E-state index in [4.69, 9.17) is 15.3 Å². The highest BCUT2D eigenvalue weighted by molar-refractivity contribution is 7.79. The van der Waals surface area contributed by atoms with Gasteiger partial charge in [0, 0.05) is 12.1 Å². The summed E-state index contributed by atoms with van der Waals surface area (Å²) in [7, 11) is 0. The fourth-order valence-electron chi connectivity index (χ4n) is 5.11. The smallest absolute Gasteiger partial charge is 0.411 e. The minimum atomic E-state index is -4.59. The van der Waals surface area contributed by atoms with E-state index in [2.05, 4.69) is 5.32 Å². The van der Waals surface area contributed by atoms with Crippen molar-refractivity contribution >= 4 is 22.7 Å². The lowest BCUT2D eigenvalue weighted by Crippen LogP contribution is -2.27. The molecule has 0 saturated heterocycles. The van der Waals surface area contributed by atoms with E-state index in [0.717, 1.165) is 28.8 Å². The number of rotatable bonds is 13. The van der Waals surface area contributed by atoms with E-state index in [0.29, 0.717) is 24.8 Å². The number of hydrogen-bond acceptors (Lipinski definition) is 4. The van der Waals surface area contributed by atoms with Crippen LogP contribution in [0.1, 0.15) is 56.9 Å². The van der Waals surface area contributed by atoms with Gasteiger partial charge in [-0.2, -0.15) is 19.1 Å². The molecule has 0 aliphatic heterocycles. The second-order valence-corrected chi connectivity index (χ2v) is 11.8. The zero-order valence-corrected chi connectivity index (χ0v) is 25.8. The third kappa shape index (κ3) is 9.35. The molecule has 0 bridgehead atoms. The van der Waals surface area contributed by atoms with Crippen molar-refractivity contribution in [2.24, 2.45) is 5.90 Å². The molecule has 4 aromatic carbocycles. The molecule has 242 valence electrons. The van der Waals surface area contributed by atoms with E-state index < -0.39 is 28.6 Å². The van der Waals surface area contributed by atoms with Gasteiger partial charge in [-0.05, 0) is 90.8 Å². The number of benzene rings is 4. The molecule has 0 aromatic heterocycles. The number of alkyl halides is 3. The molecule has 6 nitrogen and oxygen atoms in total. The minimum absolute atomic E-state index is 0.00125. The molecule has 0 aliphatic carbocycles. The predicted octanol–water partition coefficient (Wildman–Crippen LogP) is 7.81. The van der Waals surface area contributed by atoms with Gasteiger partial charge in [-0.1, -0.05) is 66.2 Å². The third-order valence-corrected chi connectivity index (χ3v) is 8.15. The second kappa shape index (κ2) is 15.8. The van der Waals surface area contributed by atoms with Crippen molar-refractivity contribution in [2.75, 3.05) is 12.3 Å². The number of carbonyl (C=O) groups excluding carboxylic acids is 1. The van der Waals surface area contributed by atoms with E-state index in [1.54, 1.807) is 18.2 Å². The van der Waals surface area contributed by atoms with E-state index in [1.807, 2.05) is 43.3 Å². The first-order chi connectivity index (χ1) is 22.0. The van der Waals surface area contributed by atoms with Gasteiger partial charge in [0.2, 0.25) is 0 Å². The molecular formula is C35H34F4N2O4S. The van der Waals surface area contributed by atoms with Crippen LogP contribution in [0.15, 0.2) is 97.1 Å². The molecule has 1 amide bonds. The zero-order valence-electron chi connectivity index (χ0n) is 25.0. The van der Waals surface area contributed by atoms with Crippen LogP contribution in [-0.4, -0.2) is 27.0 Å². The Balaban J connectivity index is 1.55. The molecule has 0 saturated carbocycles. The summed E-state index contributed by atoms with van der Waals surface area (Å²) in [5.41, 5.74) is 2.71. The molecule has 4 N–H and O–H groups in total. The fraction of sp³-hybridized carbons (Fsp3) is 0.229. The molecule has 0 spiro atoms. The van der Waals surface area contributed by atoms with Gasteiger partial charge >= 0.3 is 6.18 Å². The Morgan fingerprint density at radius 3 is 2.37 bits per heavy atom. The summed E-state index contributed by atoms with van der Waals surface area (Å²) in [5.74, 6) is 4.44. The molecule has 2 unspecified atom stereocenters. The molecule has 11 heteroatoms. The summed E-state index contributed by atoms with van der Waals surface area (Å²) in [5, 5.41) is 2.60. The Morgan fingerprint density at radius 1 is 1.02 bits per heavy atom. The number of halogens is 4. The Bertz CT molecular complexity index is 1690. The molecule has 2 atom stereocenters. The predicted molar refractivity (Wildman–Crippen MR) is 171 cm³/mol. The van der Waals surface area contributed by atoms with Crippen LogP contribution in [-0.2, 0) is 28.5 Å². The average Bonchev–Trinajstić information content (AvgIpc) is 3.03. The summed E-state index contributed by atoms with van der Waals surface area (Å²) < 4.78 is 75.8. The quantitative estimate of drug-likeness (QED) is 0.0591. The molecule has 0 radical (unpaired) electrons. The van der Waals surface area contributed by atoms with Crippen LogP contribution >= 0.6 is 0 Å². The molecule has 4 aromatic rings. The molecular weight excluding hydrogens is 620 g/mol. The van der Waals surface area contributed by atoms with Crippen LogP contribution in [0.25, 0.3) is 16.9 Å². The molecule has 0 heterocycles. The SMILES string of the molecule is Cc1ccc(C(C/C=C(\ON)c2cc(-c3ccccc3C(F)(F)F)ccc2F)CCc2ccc(C(=O)NCCS(=O)O)cc2)cc1. The average molecular weight is 655 g/mol. The zero-order chi connectivity index (χ0) is 33.3. The summed E-state index contributed by atoms with van der Waals surface area (Å²) in [6.07, 6.45) is -1.23. The van der Waals surface area contributed by atoms with Crippen LogP contribution < -0.4 is 11.2 Å². The summed E-state index contributed by atoms with van der Waals surface area (Å²) in [6.45, 7) is 2.06. The van der Waals surface area contributed by atoms with Crippen molar-refractivity contribution in [1.82, 2.24) is 5.32 Å². The van der Waals surface area contributed by atoms with Gasteiger partial charge in [-0.15, -0.1) is 0 Å². The van der Waals surface area contributed by atoms with Crippen LogP contribution in [0, 0.1) is 12.7 Å².